The molecule has 1 heterocycles. The van der Waals surface area contributed by atoms with Crippen LogP contribution in [0.25, 0.3) is 16.7 Å². The lowest BCUT2D eigenvalue weighted by molar-refractivity contribution is 0.293. The van der Waals surface area contributed by atoms with Crippen LogP contribution in [0.4, 0.5) is 4.39 Å². The topological polar surface area (TPSA) is 30.2 Å². The summed E-state index contributed by atoms with van der Waals surface area (Å²) in [4.78, 5) is 15.4. The Bertz CT molecular complexity index is 891. The van der Waals surface area contributed by atoms with Crippen LogP contribution in [0.3, 0.4) is 0 Å². The molecule has 0 saturated heterocycles. The maximum absolute atomic E-state index is 13.2. The summed E-state index contributed by atoms with van der Waals surface area (Å²) in [6, 6.07) is 13.8. The van der Waals surface area contributed by atoms with Crippen molar-refractivity contribution in [3.8, 4) is 5.69 Å². The second-order valence-electron chi connectivity index (χ2n) is 6.12. The predicted molar refractivity (Wildman–Crippen MR) is 99.9 cm³/mol. The van der Waals surface area contributed by atoms with Gasteiger partial charge < -0.3 is 4.90 Å². The van der Waals surface area contributed by atoms with Gasteiger partial charge in [0, 0.05) is 6.54 Å². The number of benzene rings is 2. The number of fused-ring (bicyclic) bond motifs is 1. The highest BCUT2D eigenvalue weighted by molar-refractivity contribution is 5.78. The molecule has 0 atom stereocenters. The summed E-state index contributed by atoms with van der Waals surface area (Å²) in [5.74, 6) is -0.306. The normalized spacial score (nSPS) is 11.5. The van der Waals surface area contributed by atoms with E-state index in [-0.39, 0.29) is 11.5 Å². The van der Waals surface area contributed by atoms with E-state index in [1.807, 2.05) is 28.8 Å². The van der Waals surface area contributed by atoms with Crippen molar-refractivity contribution in [2.75, 3.05) is 19.6 Å². The maximum Gasteiger partial charge on any atom is 0.333 e. The van der Waals surface area contributed by atoms with Crippen molar-refractivity contribution in [3.05, 3.63) is 64.8 Å². The molecule has 132 valence electrons. The lowest BCUT2D eigenvalue weighted by atomic mass is 10.2. The Morgan fingerprint density at radius 2 is 1.60 bits per heavy atom. The van der Waals surface area contributed by atoms with E-state index in [4.69, 9.17) is 0 Å². The molecule has 0 bridgehead atoms. The molecule has 0 unspecified atom stereocenters. The van der Waals surface area contributed by atoms with Gasteiger partial charge in [-0.25, -0.2) is 9.18 Å². The third-order valence-corrected chi connectivity index (χ3v) is 4.67. The summed E-state index contributed by atoms with van der Waals surface area (Å²) < 4.78 is 16.7. The van der Waals surface area contributed by atoms with Crippen molar-refractivity contribution in [3.63, 3.8) is 0 Å². The molecular formula is C20H24FN3O. The van der Waals surface area contributed by atoms with Crippen LogP contribution in [0.2, 0.25) is 0 Å². The summed E-state index contributed by atoms with van der Waals surface area (Å²) in [6.45, 7) is 7.97. The molecule has 0 aliphatic carbocycles. The molecule has 5 heteroatoms. The molecule has 3 aromatic rings. The van der Waals surface area contributed by atoms with Crippen LogP contribution in [0.15, 0.2) is 53.3 Å². The van der Waals surface area contributed by atoms with Gasteiger partial charge in [0.1, 0.15) is 5.82 Å². The molecule has 1 aromatic heterocycles. The van der Waals surface area contributed by atoms with E-state index in [1.54, 1.807) is 16.7 Å². The van der Waals surface area contributed by atoms with E-state index in [0.29, 0.717) is 12.2 Å². The van der Waals surface area contributed by atoms with E-state index in [2.05, 4.69) is 18.7 Å². The molecule has 0 aliphatic rings. The Labute approximate surface area is 147 Å². The summed E-state index contributed by atoms with van der Waals surface area (Å²) in [5, 5.41) is 0. The van der Waals surface area contributed by atoms with Gasteiger partial charge in [-0.3, -0.25) is 9.13 Å². The zero-order valence-electron chi connectivity index (χ0n) is 14.8. The van der Waals surface area contributed by atoms with Crippen molar-refractivity contribution < 1.29 is 4.39 Å². The zero-order valence-corrected chi connectivity index (χ0v) is 14.8. The summed E-state index contributed by atoms with van der Waals surface area (Å²) in [6.07, 6.45) is 0.916. The predicted octanol–water partition coefficient (Wildman–Crippen LogP) is 3.66. The number of halogens is 1. The first kappa shape index (κ1) is 17.4. The van der Waals surface area contributed by atoms with Crippen LogP contribution >= 0.6 is 0 Å². The van der Waals surface area contributed by atoms with Gasteiger partial charge in [0.25, 0.3) is 0 Å². The first-order valence-corrected chi connectivity index (χ1v) is 8.84. The fourth-order valence-corrected chi connectivity index (χ4v) is 3.26. The fourth-order valence-electron chi connectivity index (χ4n) is 3.26. The van der Waals surface area contributed by atoms with Crippen molar-refractivity contribution in [2.24, 2.45) is 0 Å². The molecule has 4 nitrogen and oxygen atoms in total. The van der Waals surface area contributed by atoms with Gasteiger partial charge >= 0.3 is 5.69 Å². The van der Waals surface area contributed by atoms with Gasteiger partial charge in [0.2, 0.25) is 0 Å². The number of nitrogens with zero attached hydrogens (tertiary/aromatic N) is 3. The minimum atomic E-state index is -0.306. The summed E-state index contributed by atoms with van der Waals surface area (Å²) in [5.41, 5.74) is 2.37. The molecular weight excluding hydrogens is 317 g/mol. The lowest BCUT2D eigenvalue weighted by Gasteiger charge is -2.17. The third kappa shape index (κ3) is 3.51. The van der Waals surface area contributed by atoms with Crippen molar-refractivity contribution in [1.29, 1.82) is 0 Å². The largest absolute Gasteiger partial charge is 0.333 e. The van der Waals surface area contributed by atoms with E-state index in [0.717, 1.165) is 37.1 Å². The number of hydrogen-bond acceptors (Lipinski definition) is 2. The van der Waals surface area contributed by atoms with Gasteiger partial charge in [0.15, 0.2) is 0 Å². The molecule has 25 heavy (non-hydrogen) atoms. The zero-order chi connectivity index (χ0) is 17.8. The molecule has 0 amide bonds. The molecule has 2 aromatic carbocycles. The fraction of sp³-hybridized carbons (Fsp3) is 0.350. The highest BCUT2D eigenvalue weighted by Gasteiger charge is 2.14. The monoisotopic (exact) mass is 341 g/mol. The number of imidazole rings is 1. The summed E-state index contributed by atoms with van der Waals surface area (Å²) >= 11 is 0. The van der Waals surface area contributed by atoms with Crippen LogP contribution in [0, 0.1) is 5.82 Å². The Morgan fingerprint density at radius 3 is 2.24 bits per heavy atom. The molecule has 0 N–H and O–H groups in total. The highest BCUT2D eigenvalue weighted by atomic mass is 19.1. The first-order valence-electron chi connectivity index (χ1n) is 8.84. The Hall–Kier alpha value is -2.40. The highest BCUT2D eigenvalue weighted by Crippen LogP contribution is 2.18. The van der Waals surface area contributed by atoms with Crippen LogP contribution in [0.5, 0.6) is 0 Å². The standard InChI is InChI=1S/C20H24FN3O/c1-3-22(4-2)14-7-15-23-18-8-5-6-9-19(18)24(20(23)25)17-12-10-16(21)11-13-17/h5-6,8-13H,3-4,7,14-15H2,1-2H3. The second kappa shape index (κ2) is 7.66. The third-order valence-electron chi connectivity index (χ3n) is 4.67. The lowest BCUT2D eigenvalue weighted by Crippen LogP contribution is -2.27. The van der Waals surface area contributed by atoms with E-state index in [9.17, 15) is 9.18 Å². The minimum Gasteiger partial charge on any atom is -0.304 e. The maximum atomic E-state index is 13.2. The van der Waals surface area contributed by atoms with Crippen molar-refractivity contribution in [2.45, 2.75) is 26.8 Å². The Kier molecular flexibility index (Phi) is 5.34. The van der Waals surface area contributed by atoms with Crippen LogP contribution in [-0.4, -0.2) is 33.7 Å². The number of hydrogen-bond donors (Lipinski definition) is 0. The number of para-hydroxylation sites is 2. The first-order chi connectivity index (χ1) is 12.2. The van der Waals surface area contributed by atoms with Gasteiger partial charge in [0.05, 0.1) is 16.7 Å². The van der Waals surface area contributed by atoms with E-state index in [1.165, 1.54) is 12.1 Å². The van der Waals surface area contributed by atoms with E-state index < -0.39 is 0 Å². The SMILES string of the molecule is CCN(CC)CCCn1c(=O)n(-c2ccc(F)cc2)c2ccccc21. The quantitative estimate of drug-likeness (QED) is 0.656. The smallest absolute Gasteiger partial charge is 0.304 e. The Balaban J connectivity index is 1.98. The molecule has 0 fully saturated rings. The average Bonchev–Trinajstić information content (AvgIpc) is 2.91. The number of aryl methyl sites for hydroxylation is 1. The molecule has 0 spiro atoms. The number of rotatable bonds is 7. The van der Waals surface area contributed by atoms with Gasteiger partial charge in [-0.2, -0.15) is 0 Å². The molecule has 0 radical (unpaired) electrons. The molecule has 0 saturated carbocycles. The van der Waals surface area contributed by atoms with E-state index >= 15 is 0 Å². The van der Waals surface area contributed by atoms with Crippen LogP contribution < -0.4 is 5.69 Å². The summed E-state index contributed by atoms with van der Waals surface area (Å²) in [7, 11) is 0. The Morgan fingerprint density at radius 1 is 0.960 bits per heavy atom. The average molecular weight is 341 g/mol. The minimum absolute atomic E-state index is 0.0765. The molecule has 0 aliphatic heterocycles. The number of aromatic nitrogens is 2. The van der Waals surface area contributed by atoms with Crippen LogP contribution in [-0.2, 0) is 6.54 Å². The van der Waals surface area contributed by atoms with Crippen LogP contribution in [0.1, 0.15) is 20.3 Å². The van der Waals surface area contributed by atoms with Gasteiger partial charge in [-0.1, -0.05) is 26.0 Å². The molecule has 3 rings (SSSR count). The van der Waals surface area contributed by atoms with Crippen molar-refractivity contribution in [1.82, 2.24) is 14.0 Å². The second-order valence-corrected chi connectivity index (χ2v) is 6.12. The van der Waals surface area contributed by atoms with Crippen molar-refractivity contribution >= 4 is 11.0 Å². The van der Waals surface area contributed by atoms with Gasteiger partial charge in [-0.15, -0.1) is 0 Å². The van der Waals surface area contributed by atoms with Gasteiger partial charge in [-0.05, 0) is 62.5 Å².